The van der Waals surface area contributed by atoms with Crippen molar-refractivity contribution in [1.29, 1.82) is 0 Å². The molecule has 1 fully saturated rings. The van der Waals surface area contributed by atoms with Crippen molar-refractivity contribution in [2.75, 3.05) is 5.32 Å². The van der Waals surface area contributed by atoms with Gasteiger partial charge < -0.3 is 0 Å². The molecule has 0 spiro atoms. The summed E-state index contributed by atoms with van der Waals surface area (Å²) in [5.41, 5.74) is 1.12. The highest BCUT2D eigenvalue weighted by Crippen LogP contribution is 2.40. The molecule has 2 rings (SSSR count). The normalized spacial score (nSPS) is 16.1. The third-order valence-electron chi connectivity index (χ3n) is 2.30. The highest BCUT2D eigenvalue weighted by atomic mass is 32.1. The number of nitrogens with zero attached hydrogens (tertiary/aromatic N) is 1. The Morgan fingerprint density at radius 3 is 3.06 bits per heavy atom. The minimum atomic E-state index is -0.130. The van der Waals surface area contributed by atoms with E-state index in [1.165, 1.54) is 30.3 Å². The number of aromatic nitrogens is 1. The highest BCUT2D eigenvalue weighted by Gasteiger charge is 2.26. The van der Waals surface area contributed by atoms with Gasteiger partial charge in [-0.2, -0.15) is 0 Å². The lowest BCUT2D eigenvalue weighted by molar-refractivity contribution is -0.111. The second kappa shape index (κ2) is 5.07. The fourth-order valence-electron chi connectivity index (χ4n) is 1.31. The van der Waals surface area contributed by atoms with Crippen molar-refractivity contribution in [2.45, 2.75) is 25.7 Å². The van der Waals surface area contributed by atoms with Crippen molar-refractivity contribution in [3.05, 3.63) is 35.4 Å². The van der Waals surface area contributed by atoms with Crippen LogP contribution in [0.4, 0.5) is 5.13 Å². The number of thiazole rings is 1. The monoisotopic (exact) mass is 234 g/mol. The first-order valence-corrected chi connectivity index (χ1v) is 6.23. The van der Waals surface area contributed by atoms with Crippen LogP contribution in [0.15, 0.2) is 29.7 Å². The first kappa shape index (κ1) is 11.1. The first-order valence-electron chi connectivity index (χ1n) is 5.35. The zero-order chi connectivity index (χ0) is 11.4. The van der Waals surface area contributed by atoms with Gasteiger partial charge in [0, 0.05) is 17.4 Å². The van der Waals surface area contributed by atoms with Crippen molar-refractivity contribution < 1.29 is 4.79 Å². The second-order valence-electron chi connectivity index (χ2n) is 3.73. The van der Waals surface area contributed by atoms with Crippen molar-refractivity contribution >= 4 is 22.4 Å². The standard InChI is InChI=1S/C12H14N2OS/c1-2-3-4-5-11(15)14-12-13-10(8-16-12)9-6-7-9/h2-5,8-9H,6-7H2,1H3,(H,13,14,15). The number of anilines is 1. The lowest BCUT2D eigenvalue weighted by atomic mass is 10.3. The lowest BCUT2D eigenvalue weighted by Gasteiger charge is -1.94. The minimum Gasteiger partial charge on any atom is -0.298 e. The Morgan fingerprint density at radius 2 is 2.38 bits per heavy atom. The number of nitrogens with one attached hydrogen (secondary N) is 1. The molecular weight excluding hydrogens is 220 g/mol. The third-order valence-corrected chi connectivity index (χ3v) is 3.07. The van der Waals surface area contributed by atoms with E-state index in [0.29, 0.717) is 11.0 Å². The summed E-state index contributed by atoms with van der Waals surface area (Å²) in [7, 11) is 0. The predicted molar refractivity (Wildman–Crippen MR) is 66.7 cm³/mol. The number of allylic oxidation sites excluding steroid dienone is 3. The fourth-order valence-corrected chi connectivity index (χ4v) is 2.11. The first-order chi connectivity index (χ1) is 7.79. The van der Waals surface area contributed by atoms with Gasteiger partial charge in [-0.25, -0.2) is 4.98 Å². The van der Waals surface area contributed by atoms with Crippen molar-refractivity contribution in [3.63, 3.8) is 0 Å². The van der Waals surface area contributed by atoms with E-state index >= 15 is 0 Å². The molecule has 0 aliphatic heterocycles. The topological polar surface area (TPSA) is 42.0 Å². The van der Waals surface area contributed by atoms with Crippen LogP contribution in [0.25, 0.3) is 0 Å². The van der Waals surface area contributed by atoms with E-state index < -0.39 is 0 Å². The molecule has 0 saturated heterocycles. The molecule has 4 heteroatoms. The minimum absolute atomic E-state index is 0.130. The summed E-state index contributed by atoms with van der Waals surface area (Å²) in [5.74, 6) is 0.510. The number of hydrogen-bond donors (Lipinski definition) is 1. The van der Waals surface area contributed by atoms with E-state index in [2.05, 4.69) is 10.3 Å². The highest BCUT2D eigenvalue weighted by molar-refractivity contribution is 7.14. The summed E-state index contributed by atoms with van der Waals surface area (Å²) in [5, 5.41) is 5.47. The Kier molecular flexibility index (Phi) is 3.51. The van der Waals surface area contributed by atoms with Crippen molar-refractivity contribution in [2.24, 2.45) is 0 Å². The Balaban J connectivity index is 1.89. The average molecular weight is 234 g/mol. The molecule has 84 valence electrons. The molecule has 1 N–H and O–H groups in total. The van der Waals surface area contributed by atoms with Crippen LogP contribution in [0, 0.1) is 0 Å². The van der Waals surface area contributed by atoms with Crippen LogP contribution in [0.3, 0.4) is 0 Å². The van der Waals surface area contributed by atoms with Crippen LogP contribution >= 0.6 is 11.3 Å². The van der Waals surface area contributed by atoms with Gasteiger partial charge in [-0.05, 0) is 19.8 Å². The van der Waals surface area contributed by atoms with Crippen LogP contribution in [0.2, 0.25) is 0 Å². The zero-order valence-corrected chi connectivity index (χ0v) is 9.96. The van der Waals surface area contributed by atoms with Crippen LogP contribution in [-0.2, 0) is 4.79 Å². The largest absolute Gasteiger partial charge is 0.298 e. The van der Waals surface area contributed by atoms with Gasteiger partial charge in [0.1, 0.15) is 0 Å². The van der Waals surface area contributed by atoms with Crippen molar-refractivity contribution in [3.8, 4) is 0 Å². The molecule has 1 saturated carbocycles. The summed E-state index contributed by atoms with van der Waals surface area (Å²) in [6.07, 6.45) is 9.37. The SMILES string of the molecule is CC=CC=CC(=O)Nc1nc(C2CC2)cs1. The quantitative estimate of drug-likeness (QED) is 0.642. The number of rotatable bonds is 4. The van der Waals surface area contributed by atoms with Crippen LogP contribution in [0.1, 0.15) is 31.4 Å². The van der Waals surface area contributed by atoms with Gasteiger partial charge in [0.05, 0.1) is 5.69 Å². The van der Waals surface area contributed by atoms with E-state index in [1.54, 1.807) is 6.08 Å². The smallest absolute Gasteiger partial charge is 0.250 e. The third kappa shape index (κ3) is 3.03. The molecular formula is C12H14N2OS. The average Bonchev–Trinajstić information content (AvgIpc) is 3.01. The van der Waals surface area contributed by atoms with Crippen LogP contribution in [-0.4, -0.2) is 10.9 Å². The van der Waals surface area contributed by atoms with Gasteiger partial charge in [-0.1, -0.05) is 18.2 Å². The molecule has 0 bridgehead atoms. The lowest BCUT2D eigenvalue weighted by Crippen LogP contribution is -2.07. The summed E-state index contributed by atoms with van der Waals surface area (Å²) < 4.78 is 0. The summed E-state index contributed by atoms with van der Waals surface area (Å²) in [4.78, 5) is 15.8. The van der Waals surface area contributed by atoms with Gasteiger partial charge in [0.2, 0.25) is 5.91 Å². The van der Waals surface area contributed by atoms with Gasteiger partial charge in [-0.15, -0.1) is 11.3 Å². The number of hydrogen-bond acceptors (Lipinski definition) is 3. The molecule has 16 heavy (non-hydrogen) atoms. The van der Waals surface area contributed by atoms with Gasteiger partial charge in [0.15, 0.2) is 5.13 Å². The molecule has 0 radical (unpaired) electrons. The van der Waals surface area contributed by atoms with E-state index in [-0.39, 0.29) is 5.91 Å². The maximum absolute atomic E-state index is 11.4. The molecule has 1 aliphatic carbocycles. The van der Waals surface area contributed by atoms with Crippen LogP contribution in [0.5, 0.6) is 0 Å². The molecule has 1 amide bonds. The van der Waals surface area contributed by atoms with Gasteiger partial charge in [-0.3, -0.25) is 10.1 Å². The molecule has 1 heterocycles. The Morgan fingerprint density at radius 1 is 1.56 bits per heavy atom. The molecule has 1 aromatic rings. The molecule has 1 aliphatic rings. The Labute approximate surface area is 98.9 Å². The van der Waals surface area contributed by atoms with E-state index in [0.717, 1.165) is 5.69 Å². The van der Waals surface area contributed by atoms with E-state index in [9.17, 15) is 4.79 Å². The predicted octanol–water partition coefficient (Wildman–Crippen LogP) is 3.09. The van der Waals surface area contributed by atoms with E-state index in [4.69, 9.17) is 0 Å². The maximum atomic E-state index is 11.4. The second-order valence-corrected chi connectivity index (χ2v) is 4.58. The van der Waals surface area contributed by atoms with Crippen LogP contribution < -0.4 is 5.32 Å². The molecule has 0 aromatic carbocycles. The van der Waals surface area contributed by atoms with Gasteiger partial charge >= 0.3 is 0 Å². The summed E-state index contributed by atoms with van der Waals surface area (Å²) in [6, 6.07) is 0. The zero-order valence-electron chi connectivity index (χ0n) is 9.14. The Hall–Kier alpha value is -1.42. The van der Waals surface area contributed by atoms with Crippen molar-refractivity contribution in [1.82, 2.24) is 4.98 Å². The molecule has 0 atom stereocenters. The molecule has 1 aromatic heterocycles. The molecule has 3 nitrogen and oxygen atoms in total. The number of carbonyl (C=O) groups is 1. The fraction of sp³-hybridized carbons (Fsp3) is 0.333. The molecule has 0 unspecified atom stereocenters. The Bertz CT molecular complexity index is 430. The summed E-state index contributed by atoms with van der Waals surface area (Å²) >= 11 is 1.49. The summed E-state index contributed by atoms with van der Waals surface area (Å²) in [6.45, 7) is 1.91. The maximum Gasteiger partial charge on any atom is 0.250 e. The van der Waals surface area contributed by atoms with Gasteiger partial charge in [0.25, 0.3) is 0 Å². The number of amides is 1. The van der Waals surface area contributed by atoms with E-state index in [1.807, 2.05) is 24.5 Å². The number of carbonyl (C=O) groups excluding carboxylic acids is 1.